The highest BCUT2D eigenvalue weighted by molar-refractivity contribution is 4.95. The van der Waals surface area contributed by atoms with Gasteiger partial charge in [-0.2, -0.15) is 0 Å². The van der Waals surface area contributed by atoms with E-state index in [1.807, 2.05) is 0 Å². The van der Waals surface area contributed by atoms with Crippen molar-refractivity contribution in [1.29, 1.82) is 0 Å². The van der Waals surface area contributed by atoms with Crippen molar-refractivity contribution >= 4 is 0 Å². The predicted octanol–water partition coefficient (Wildman–Crippen LogP) is -6.93. The lowest BCUT2D eigenvalue weighted by atomic mass is 9.96. The molecule has 0 bridgehead atoms. The van der Waals surface area contributed by atoms with E-state index in [1.54, 1.807) is 0 Å². The van der Waals surface area contributed by atoms with Gasteiger partial charge in [0.15, 0.2) is 18.9 Å². The zero-order valence-electron chi connectivity index (χ0n) is 16.7. The van der Waals surface area contributed by atoms with Crippen LogP contribution in [0.5, 0.6) is 0 Å². The lowest BCUT2D eigenvalue weighted by molar-refractivity contribution is -0.372. The zero-order chi connectivity index (χ0) is 23.7. The molecule has 3 heterocycles. The lowest BCUT2D eigenvalue weighted by Gasteiger charge is -2.47. The average Bonchev–Trinajstić information content (AvgIpc) is 2.78. The van der Waals surface area contributed by atoms with Crippen molar-refractivity contribution in [3.05, 3.63) is 0 Å². The third-order valence-corrected chi connectivity index (χ3v) is 5.72. The van der Waals surface area contributed by atoms with Crippen molar-refractivity contribution in [2.24, 2.45) is 0 Å². The molecule has 0 aromatic carbocycles. The minimum atomic E-state index is -1.83. The highest BCUT2D eigenvalue weighted by Gasteiger charge is 2.52. The van der Waals surface area contributed by atoms with Gasteiger partial charge in [0.05, 0.1) is 19.8 Å². The van der Waals surface area contributed by atoms with Crippen molar-refractivity contribution < 1.29 is 74.7 Å². The minimum absolute atomic E-state index is 0.392. The van der Waals surface area contributed by atoms with Crippen molar-refractivity contribution in [1.82, 2.24) is 0 Å². The number of aliphatic hydroxyl groups excluding tert-OH is 10. The van der Waals surface area contributed by atoms with Crippen LogP contribution in [0.4, 0.5) is 0 Å². The molecule has 14 atom stereocenters. The highest BCUT2D eigenvalue weighted by atomic mass is 16.7. The fourth-order valence-corrected chi connectivity index (χ4v) is 3.73. The molecule has 0 unspecified atom stereocenters. The molecule has 188 valence electrons. The van der Waals surface area contributed by atoms with Crippen LogP contribution in [0.25, 0.3) is 0 Å². The van der Waals surface area contributed by atoms with Gasteiger partial charge in [0.2, 0.25) is 0 Å². The van der Waals surface area contributed by atoms with E-state index >= 15 is 0 Å². The molecule has 0 aliphatic carbocycles. The number of hydrogen-bond donors (Lipinski definition) is 10. The predicted molar refractivity (Wildman–Crippen MR) is 95.2 cm³/mol. The van der Waals surface area contributed by atoms with E-state index in [0.717, 1.165) is 0 Å². The quantitative estimate of drug-likeness (QED) is 0.172. The summed E-state index contributed by atoms with van der Waals surface area (Å²) in [4.78, 5) is 0. The van der Waals surface area contributed by atoms with Gasteiger partial charge in [-0.15, -0.1) is 0 Å². The monoisotopic (exact) mass is 474 g/mol. The van der Waals surface area contributed by atoms with Gasteiger partial charge in [0.1, 0.15) is 67.1 Å². The summed E-state index contributed by atoms with van der Waals surface area (Å²) >= 11 is 0. The highest BCUT2D eigenvalue weighted by Crippen LogP contribution is 2.31. The summed E-state index contributed by atoms with van der Waals surface area (Å²) in [6.45, 7) is -1.88. The summed E-state index contributed by atoms with van der Waals surface area (Å²) in [5.74, 6) is 0. The van der Waals surface area contributed by atoms with Gasteiger partial charge in [-0.3, -0.25) is 0 Å². The van der Waals surface area contributed by atoms with Gasteiger partial charge in [0, 0.05) is 0 Å². The summed E-state index contributed by atoms with van der Waals surface area (Å²) in [5.41, 5.74) is 0. The smallest absolute Gasteiger partial charge is 0.187 e. The molecule has 3 aliphatic rings. The average molecular weight is 474 g/mol. The molecule has 0 aromatic rings. The first-order valence-corrected chi connectivity index (χ1v) is 10.00. The summed E-state index contributed by atoms with van der Waals surface area (Å²) in [5, 5.41) is 99.0. The molecule has 0 saturated carbocycles. The lowest BCUT2D eigenvalue weighted by Crippen LogP contribution is -2.65. The minimum Gasteiger partial charge on any atom is -0.394 e. The molecule has 15 nitrogen and oxygen atoms in total. The normalized spacial score (nSPS) is 52.7. The first-order valence-electron chi connectivity index (χ1n) is 10.00. The van der Waals surface area contributed by atoms with E-state index < -0.39 is 106 Å². The van der Waals surface area contributed by atoms with Gasteiger partial charge in [-0.05, 0) is 0 Å². The second kappa shape index (κ2) is 10.8. The van der Waals surface area contributed by atoms with Crippen LogP contribution in [-0.4, -0.2) is 157 Å². The Bertz CT molecular complexity index is 594. The largest absolute Gasteiger partial charge is 0.394 e. The van der Waals surface area contributed by atoms with E-state index in [4.69, 9.17) is 23.7 Å². The van der Waals surface area contributed by atoms with Gasteiger partial charge in [-0.1, -0.05) is 0 Å². The van der Waals surface area contributed by atoms with Gasteiger partial charge in [-0.25, -0.2) is 0 Å². The third-order valence-electron chi connectivity index (χ3n) is 5.72. The van der Waals surface area contributed by atoms with Gasteiger partial charge >= 0.3 is 0 Å². The molecule has 0 amide bonds. The van der Waals surface area contributed by atoms with Crippen LogP contribution < -0.4 is 0 Å². The van der Waals surface area contributed by atoms with Crippen molar-refractivity contribution in [3.63, 3.8) is 0 Å². The Labute approximate surface area is 181 Å². The number of aliphatic hydroxyl groups is 10. The maximum Gasteiger partial charge on any atom is 0.187 e. The maximum atomic E-state index is 10.7. The maximum absolute atomic E-state index is 10.7. The zero-order valence-corrected chi connectivity index (χ0v) is 16.7. The summed E-state index contributed by atoms with van der Waals surface area (Å²) in [6.07, 6.45) is -22.7. The first kappa shape index (κ1) is 26.0. The van der Waals surface area contributed by atoms with Crippen LogP contribution in [0.15, 0.2) is 0 Å². The molecule has 32 heavy (non-hydrogen) atoms. The molecule has 0 radical (unpaired) electrons. The van der Waals surface area contributed by atoms with Crippen LogP contribution in [0.1, 0.15) is 0 Å². The fourth-order valence-electron chi connectivity index (χ4n) is 3.73. The number of ether oxygens (including phenoxy) is 5. The van der Waals surface area contributed by atoms with Crippen LogP contribution >= 0.6 is 0 Å². The Morgan fingerprint density at radius 3 is 1.75 bits per heavy atom. The molecule has 3 aliphatic heterocycles. The topological polar surface area (TPSA) is 248 Å². The van der Waals surface area contributed by atoms with E-state index in [1.165, 1.54) is 0 Å². The fraction of sp³-hybridized carbons (Fsp3) is 1.00. The van der Waals surface area contributed by atoms with E-state index in [9.17, 15) is 51.1 Å². The van der Waals surface area contributed by atoms with E-state index in [2.05, 4.69) is 0 Å². The Morgan fingerprint density at radius 1 is 0.594 bits per heavy atom. The molecule has 0 spiro atoms. The van der Waals surface area contributed by atoms with Crippen molar-refractivity contribution in [2.75, 3.05) is 19.8 Å². The van der Waals surface area contributed by atoms with Crippen LogP contribution in [-0.2, 0) is 23.7 Å². The standard InChI is InChI=1S/C17H30O15/c18-1-4-7(20)10(23)12(25)16(29-4)32-14-9(22)5(2-19)30-17(13(14)26)31-6-3-28-15(27)11(24)8(6)21/h4-27H,1-3H2/t4-,5-,6-,7-,8+,9-,10+,11-,12-,13-,14+,15+,16-,17-/m1/s1. The Kier molecular flexibility index (Phi) is 8.75. The second-order valence-electron chi connectivity index (χ2n) is 7.88. The molecule has 3 saturated heterocycles. The Hall–Kier alpha value is -0.600. The molecule has 0 aromatic heterocycles. The van der Waals surface area contributed by atoms with Crippen LogP contribution in [0, 0.1) is 0 Å². The number of rotatable bonds is 6. The molecular weight excluding hydrogens is 444 g/mol. The van der Waals surface area contributed by atoms with Crippen molar-refractivity contribution in [3.8, 4) is 0 Å². The van der Waals surface area contributed by atoms with E-state index in [0.29, 0.717) is 0 Å². The Balaban J connectivity index is 1.73. The third kappa shape index (κ3) is 5.07. The second-order valence-corrected chi connectivity index (χ2v) is 7.88. The van der Waals surface area contributed by atoms with E-state index in [-0.39, 0.29) is 0 Å². The molecule has 3 rings (SSSR count). The SMILES string of the molecule is OC[C@H]1O[C@H](O[C@@H]2[C@@H](O)[C@@H](O[C@@H]3CO[C@H](O)[C@H](O)[C@H]3O)O[C@H](CO)[C@H]2O)[C@H](O)[C@@H](O)[C@@H]1O. The molecule has 15 heteroatoms. The van der Waals surface area contributed by atoms with Crippen LogP contribution in [0.3, 0.4) is 0 Å². The van der Waals surface area contributed by atoms with Crippen LogP contribution in [0.2, 0.25) is 0 Å². The molecule has 3 fully saturated rings. The molecular formula is C17H30O15. The van der Waals surface area contributed by atoms with Gasteiger partial charge in [0.25, 0.3) is 0 Å². The first-order chi connectivity index (χ1) is 15.1. The summed E-state index contributed by atoms with van der Waals surface area (Å²) < 4.78 is 26.2. The Morgan fingerprint density at radius 2 is 1.16 bits per heavy atom. The number of hydrogen-bond acceptors (Lipinski definition) is 15. The van der Waals surface area contributed by atoms with Crippen molar-refractivity contribution in [2.45, 2.75) is 86.0 Å². The molecule has 10 N–H and O–H groups in total. The summed E-state index contributed by atoms with van der Waals surface area (Å²) in [6, 6.07) is 0. The summed E-state index contributed by atoms with van der Waals surface area (Å²) in [7, 11) is 0. The van der Waals surface area contributed by atoms with Gasteiger partial charge < -0.3 is 74.7 Å².